The maximum absolute atomic E-state index is 12.4. The average molecular weight is 377 g/mol. The van der Waals surface area contributed by atoms with Gasteiger partial charge in [0.2, 0.25) is 5.91 Å². The van der Waals surface area contributed by atoms with E-state index in [9.17, 15) is 4.79 Å². The molecular formula is C22H23N3O3. The number of ether oxygens (including phenoxy) is 1. The molecule has 2 aromatic carbocycles. The van der Waals surface area contributed by atoms with E-state index >= 15 is 0 Å². The molecule has 1 aliphatic rings. The van der Waals surface area contributed by atoms with Gasteiger partial charge >= 0.3 is 0 Å². The molecule has 4 rings (SSSR count). The van der Waals surface area contributed by atoms with Crippen LogP contribution in [0.15, 0.2) is 59.1 Å². The van der Waals surface area contributed by atoms with Gasteiger partial charge in [0, 0.05) is 30.1 Å². The predicted octanol–water partition coefficient (Wildman–Crippen LogP) is 4.44. The molecule has 1 fully saturated rings. The number of hydrogen-bond donors (Lipinski definition) is 0. The van der Waals surface area contributed by atoms with E-state index < -0.39 is 0 Å². The second-order valence-corrected chi connectivity index (χ2v) is 6.93. The second kappa shape index (κ2) is 8.25. The molecule has 0 bridgehead atoms. The van der Waals surface area contributed by atoms with Crippen LogP contribution >= 0.6 is 0 Å². The lowest BCUT2D eigenvalue weighted by Gasteiger charge is -2.15. The van der Waals surface area contributed by atoms with E-state index in [-0.39, 0.29) is 11.8 Å². The van der Waals surface area contributed by atoms with Crippen molar-refractivity contribution in [1.82, 2.24) is 10.1 Å². The Morgan fingerprint density at radius 1 is 1.14 bits per heavy atom. The zero-order valence-corrected chi connectivity index (χ0v) is 15.9. The number of rotatable bonds is 7. The number of para-hydroxylation sites is 1. The molecule has 0 N–H and O–H groups in total. The Bertz CT molecular complexity index is 922. The van der Waals surface area contributed by atoms with Gasteiger partial charge in [-0.25, -0.2) is 0 Å². The highest BCUT2D eigenvalue weighted by molar-refractivity contribution is 5.96. The van der Waals surface area contributed by atoms with Crippen molar-refractivity contribution in [1.29, 1.82) is 0 Å². The number of amides is 1. The SMILES string of the molecule is CCCCOc1ccc(-c2nc(C3CC(=O)N(c4ccccc4)C3)no2)cc1. The van der Waals surface area contributed by atoms with Crippen molar-refractivity contribution in [3.63, 3.8) is 0 Å². The minimum atomic E-state index is -0.0677. The van der Waals surface area contributed by atoms with Crippen LogP contribution in [0.5, 0.6) is 5.75 Å². The summed E-state index contributed by atoms with van der Waals surface area (Å²) in [4.78, 5) is 18.7. The lowest BCUT2D eigenvalue weighted by molar-refractivity contribution is -0.117. The summed E-state index contributed by atoms with van der Waals surface area (Å²) in [6.07, 6.45) is 2.53. The first-order valence-electron chi connectivity index (χ1n) is 9.67. The van der Waals surface area contributed by atoms with Gasteiger partial charge in [0.05, 0.1) is 6.61 Å². The average Bonchev–Trinajstić information content (AvgIpc) is 3.36. The van der Waals surface area contributed by atoms with Crippen LogP contribution in [0.1, 0.15) is 37.9 Å². The minimum absolute atomic E-state index is 0.0677. The Morgan fingerprint density at radius 2 is 1.93 bits per heavy atom. The lowest BCUT2D eigenvalue weighted by Crippen LogP contribution is -2.24. The van der Waals surface area contributed by atoms with Crippen molar-refractivity contribution < 1.29 is 14.1 Å². The summed E-state index contributed by atoms with van der Waals surface area (Å²) in [6, 6.07) is 17.3. The molecule has 3 aromatic rings. The van der Waals surface area contributed by atoms with Crippen LogP contribution in [-0.2, 0) is 4.79 Å². The van der Waals surface area contributed by atoms with Crippen LogP contribution in [0, 0.1) is 0 Å². The highest BCUT2D eigenvalue weighted by Crippen LogP contribution is 2.31. The van der Waals surface area contributed by atoms with E-state index in [4.69, 9.17) is 9.26 Å². The van der Waals surface area contributed by atoms with Gasteiger partial charge in [0.1, 0.15) is 5.75 Å². The van der Waals surface area contributed by atoms with Crippen molar-refractivity contribution in [2.45, 2.75) is 32.1 Å². The third-order valence-corrected chi connectivity index (χ3v) is 4.87. The fourth-order valence-corrected chi connectivity index (χ4v) is 3.28. The normalized spacial score (nSPS) is 16.5. The molecule has 0 aliphatic carbocycles. The molecule has 1 unspecified atom stereocenters. The highest BCUT2D eigenvalue weighted by Gasteiger charge is 2.34. The quantitative estimate of drug-likeness (QED) is 0.570. The van der Waals surface area contributed by atoms with Crippen LogP contribution in [0.4, 0.5) is 5.69 Å². The van der Waals surface area contributed by atoms with Gasteiger partial charge in [-0.15, -0.1) is 0 Å². The minimum Gasteiger partial charge on any atom is -0.494 e. The van der Waals surface area contributed by atoms with Crippen LogP contribution < -0.4 is 9.64 Å². The van der Waals surface area contributed by atoms with E-state index in [1.165, 1.54) is 0 Å². The number of benzene rings is 2. The van der Waals surface area contributed by atoms with Crippen molar-refractivity contribution in [2.24, 2.45) is 0 Å². The summed E-state index contributed by atoms with van der Waals surface area (Å²) in [6.45, 7) is 3.41. The topological polar surface area (TPSA) is 68.5 Å². The fraction of sp³-hybridized carbons (Fsp3) is 0.318. The largest absolute Gasteiger partial charge is 0.494 e. The second-order valence-electron chi connectivity index (χ2n) is 6.93. The Morgan fingerprint density at radius 3 is 2.68 bits per heavy atom. The molecule has 6 nitrogen and oxygen atoms in total. The molecule has 28 heavy (non-hydrogen) atoms. The molecule has 0 radical (unpaired) electrons. The first kappa shape index (κ1) is 18.2. The molecule has 144 valence electrons. The molecule has 2 heterocycles. The standard InChI is InChI=1S/C22H23N3O3/c1-2-3-13-27-19-11-9-16(10-12-19)22-23-21(24-28-22)17-14-20(26)25(15-17)18-7-5-4-6-8-18/h4-12,17H,2-3,13-15H2,1H3. The monoisotopic (exact) mass is 377 g/mol. The van der Waals surface area contributed by atoms with Crippen molar-refractivity contribution >= 4 is 11.6 Å². The van der Waals surface area contributed by atoms with Gasteiger partial charge in [-0.3, -0.25) is 4.79 Å². The summed E-state index contributed by atoms with van der Waals surface area (Å²) in [5, 5.41) is 4.12. The molecule has 1 aliphatic heterocycles. The fourth-order valence-electron chi connectivity index (χ4n) is 3.28. The first-order valence-corrected chi connectivity index (χ1v) is 9.67. The molecule has 6 heteroatoms. The van der Waals surface area contributed by atoms with Crippen molar-refractivity contribution in [3.05, 3.63) is 60.4 Å². The molecule has 0 saturated carbocycles. The molecule has 1 atom stereocenters. The Kier molecular flexibility index (Phi) is 5.37. The summed E-state index contributed by atoms with van der Waals surface area (Å²) in [5.74, 6) is 1.88. The summed E-state index contributed by atoms with van der Waals surface area (Å²) in [5.41, 5.74) is 1.74. The third kappa shape index (κ3) is 3.91. The molecule has 0 spiro atoms. The van der Waals surface area contributed by atoms with Crippen LogP contribution in [0.2, 0.25) is 0 Å². The maximum atomic E-state index is 12.4. The Labute approximate surface area is 164 Å². The summed E-state index contributed by atoms with van der Waals surface area (Å²) in [7, 11) is 0. The van der Waals surface area contributed by atoms with Crippen LogP contribution in [-0.4, -0.2) is 29.2 Å². The molecule has 1 amide bonds. The Hall–Kier alpha value is -3.15. The number of aromatic nitrogens is 2. The smallest absolute Gasteiger partial charge is 0.257 e. The maximum Gasteiger partial charge on any atom is 0.257 e. The van der Waals surface area contributed by atoms with Gasteiger partial charge in [0.25, 0.3) is 5.89 Å². The zero-order valence-electron chi connectivity index (χ0n) is 15.9. The predicted molar refractivity (Wildman–Crippen MR) is 106 cm³/mol. The van der Waals surface area contributed by atoms with Crippen molar-refractivity contribution in [2.75, 3.05) is 18.1 Å². The number of carbonyl (C=O) groups is 1. The van der Waals surface area contributed by atoms with E-state index in [0.717, 1.165) is 29.8 Å². The molecular weight excluding hydrogens is 354 g/mol. The number of carbonyl (C=O) groups excluding carboxylic acids is 1. The van der Waals surface area contributed by atoms with Gasteiger partial charge in [-0.05, 0) is 42.8 Å². The van der Waals surface area contributed by atoms with E-state index in [0.29, 0.717) is 31.3 Å². The van der Waals surface area contributed by atoms with Gasteiger partial charge in [-0.2, -0.15) is 4.98 Å². The molecule has 1 aromatic heterocycles. The number of hydrogen-bond acceptors (Lipinski definition) is 5. The zero-order chi connectivity index (χ0) is 19.3. The number of anilines is 1. The Balaban J connectivity index is 1.44. The van der Waals surface area contributed by atoms with E-state index in [2.05, 4.69) is 17.1 Å². The number of nitrogens with zero attached hydrogens (tertiary/aromatic N) is 3. The van der Waals surface area contributed by atoms with Gasteiger partial charge < -0.3 is 14.2 Å². The van der Waals surface area contributed by atoms with Crippen LogP contribution in [0.3, 0.4) is 0 Å². The lowest BCUT2D eigenvalue weighted by atomic mass is 10.1. The van der Waals surface area contributed by atoms with Crippen molar-refractivity contribution in [3.8, 4) is 17.2 Å². The number of unbranched alkanes of at least 4 members (excludes halogenated alkanes) is 1. The summed E-state index contributed by atoms with van der Waals surface area (Å²) >= 11 is 0. The van der Waals surface area contributed by atoms with E-state index in [1.54, 1.807) is 4.90 Å². The summed E-state index contributed by atoms with van der Waals surface area (Å²) < 4.78 is 11.1. The molecule has 1 saturated heterocycles. The van der Waals surface area contributed by atoms with Crippen LogP contribution in [0.25, 0.3) is 11.5 Å². The highest BCUT2D eigenvalue weighted by atomic mass is 16.5. The van der Waals surface area contributed by atoms with Gasteiger partial charge in [0.15, 0.2) is 5.82 Å². The van der Waals surface area contributed by atoms with Gasteiger partial charge in [-0.1, -0.05) is 36.7 Å². The third-order valence-electron chi connectivity index (χ3n) is 4.87. The van der Waals surface area contributed by atoms with E-state index in [1.807, 2.05) is 54.6 Å². The first-order chi connectivity index (χ1) is 13.7.